The highest BCUT2D eigenvalue weighted by atomic mass is 16.7. The zero-order valence-electron chi connectivity index (χ0n) is 30.3. The number of aliphatic hydroxyl groups excluding tert-OH is 1. The second-order valence-corrected chi connectivity index (χ2v) is 14.8. The number of rotatable bonds is 13. The number of ether oxygens (including phenoxy) is 6. The van der Waals surface area contributed by atoms with Crippen molar-refractivity contribution in [2.45, 2.75) is 162 Å². The van der Waals surface area contributed by atoms with Gasteiger partial charge in [-0.15, -0.1) is 0 Å². The van der Waals surface area contributed by atoms with Gasteiger partial charge in [0.2, 0.25) is 0 Å². The minimum atomic E-state index is -0.451. The van der Waals surface area contributed by atoms with Gasteiger partial charge in [0.15, 0.2) is 12.6 Å². The van der Waals surface area contributed by atoms with E-state index < -0.39 is 12.4 Å². The van der Waals surface area contributed by atoms with E-state index in [4.69, 9.17) is 28.4 Å². The first kappa shape index (κ1) is 38.5. The number of hydrogen-bond acceptors (Lipinski definition) is 9. The molecular formula is C39H60O9. The molecule has 3 saturated heterocycles. The standard InChI is InChI=1S/C39H60O9/c1-23(9-14-32-26(4)11-17-35(41)45-32)21-25(3)22-24(2)10-15-33(28(6)39-27(5)12-18-36(42)48-39)46-38-20-16-34(30(8)44-38)47-37-19-13-31(40)29(7)43-37/h9-11,14,17,22-23,26-34,37-40H,12-13,15-16,18-21H2,1-8H3/b14-9-,24-10+,25-22+/t23-,26+,27-,28-,29+,30+,31-,32?,33+,34-,37-,38+,39+/m1/s1. The lowest BCUT2D eigenvalue weighted by Crippen LogP contribution is -2.47. The fourth-order valence-electron chi connectivity index (χ4n) is 7.23. The van der Waals surface area contributed by atoms with E-state index in [1.807, 2.05) is 32.9 Å². The summed E-state index contributed by atoms with van der Waals surface area (Å²) in [4.78, 5) is 23.9. The third-order valence-corrected chi connectivity index (χ3v) is 10.3. The zero-order chi connectivity index (χ0) is 35.0. The van der Waals surface area contributed by atoms with E-state index in [2.05, 4.69) is 52.8 Å². The molecule has 0 spiro atoms. The summed E-state index contributed by atoms with van der Waals surface area (Å²) in [5.74, 6) is 0.262. The van der Waals surface area contributed by atoms with E-state index in [0.717, 1.165) is 24.8 Å². The van der Waals surface area contributed by atoms with E-state index in [-0.39, 0.29) is 72.6 Å². The molecule has 4 rings (SSSR count). The maximum atomic E-state index is 12.3. The average molecular weight is 673 g/mol. The Kier molecular flexibility index (Phi) is 14.5. The summed E-state index contributed by atoms with van der Waals surface area (Å²) in [5.41, 5.74) is 2.41. The van der Waals surface area contributed by atoms with Crippen molar-refractivity contribution < 1.29 is 43.1 Å². The van der Waals surface area contributed by atoms with Crippen LogP contribution in [0.15, 0.2) is 47.6 Å². The van der Waals surface area contributed by atoms with E-state index in [0.29, 0.717) is 38.0 Å². The summed E-state index contributed by atoms with van der Waals surface area (Å²) in [6.07, 6.45) is 15.2. The zero-order valence-corrected chi connectivity index (χ0v) is 30.3. The predicted molar refractivity (Wildman–Crippen MR) is 184 cm³/mol. The van der Waals surface area contributed by atoms with E-state index in [1.54, 1.807) is 0 Å². The molecule has 4 heterocycles. The van der Waals surface area contributed by atoms with E-state index in [1.165, 1.54) is 11.6 Å². The van der Waals surface area contributed by atoms with E-state index in [9.17, 15) is 14.7 Å². The van der Waals surface area contributed by atoms with Gasteiger partial charge in [0.25, 0.3) is 0 Å². The molecule has 1 unspecified atom stereocenters. The molecule has 13 atom stereocenters. The minimum absolute atomic E-state index is 0.0221. The summed E-state index contributed by atoms with van der Waals surface area (Å²) < 4.78 is 36.5. The monoisotopic (exact) mass is 672 g/mol. The lowest BCUT2D eigenvalue weighted by Gasteiger charge is -2.41. The van der Waals surface area contributed by atoms with Gasteiger partial charge in [-0.1, -0.05) is 63.1 Å². The van der Waals surface area contributed by atoms with Gasteiger partial charge < -0.3 is 33.5 Å². The van der Waals surface area contributed by atoms with Crippen LogP contribution in [0.4, 0.5) is 0 Å². The first-order valence-corrected chi connectivity index (χ1v) is 18.2. The maximum Gasteiger partial charge on any atom is 0.331 e. The largest absolute Gasteiger partial charge is 0.462 e. The third kappa shape index (κ3) is 11.4. The molecule has 9 heteroatoms. The number of carbonyl (C=O) groups is 2. The summed E-state index contributed by atoms with van der Waals surface area (Å²) in [6.45, 7) is 16.6. The van der Waals surface area contributed by atoms with Gasteiger partial charge in [-0.25, -0.2) is 4.79 Å². The summed E-state index contributed by atoms with van der Waals surface area (Å²) >= 11 is 0. The molecule has 0 bridgehead atoms. The SMILES string of the molecule is CC(=C\C[C@H](O[C@H]1CC[C@@H](O[C@@H]2CC[C@@H](O)[C@H](C)O2)[C@H](C)O1)[C@@H](C)[C@H]1OC(=O)CC[C@H]1C)/C=C(\C)C[C@H](C)/C=C\C1OC(=O)C=C[C@@H]1C. The molecule has 0 radical (unpaired) electrons. The number of aliphatic hydroxyl groups is 1. The molecule has 0 aromatic carbocycles. The predicted octanol–water partition coefficient (Wildman–Crippen LogP) is 7.13. The second kappa shape index (κ2) is 18.1. The fourth-order valence-corrected chi connectivity index (χ4v) is 7.23. The highest BCUT2D eigenvalue weighted by Gasteiger charge is 2.39. The first-order chi connectivity index (χ1) is 22.8. The molecule has 1 N–H and O–H groups in total. The highest BCUT2D eigenvalue weighted by Crippen LogP contribution is 2.34. The minimum Gasteiger partial charge on any atom is -0.462 e. The number of hydrogen-bond donors (Lipinski definition) is 1. The van der Waals surface area contributed by atoms with Crippen molar-refractivity contribution in [1.29, 1.82) is 0 Å². The van der Waals surface area contributed by atoms with Crippen LogP contribution in [0.1, 0.15) is 107 Å². The van der Waals surface area contributed by atoms with Crippen LogP contribution in [-0.2, 0) is 38.0 Å². The quantitative estimate of drug-likeness (QED) is 0.124. The normalized spacial score (nSPS) is 37.2. The van der Waals surface area contributed by atoms with Crippen molar-refractivity contribution >= 4 is 11.9 Å². The second-order valence-electron chi connectivity index (χ2n) is 14.8. The molecule has 9 nitrogen and oxygen atoms in total. The molecule has 0 saturated carbocycles. The Balaban J connectivity index is 1.36. The number of allylic oxidation sites excluding steroid dienone is 4. The topological polar surface area (TPSA) is 110 Å². The fraction of sp³-hybridized carbons (Fsp3) is 0.744. The van der Waals surface area contributed by atoms with Crippen molar-refractivity contribution in [2.24, 2.45) is 23.7 Å². The van der Waals surface area contributed by atoms with Gasteiger partial charge in [-0.05, 0) is 77.7 Å². The Morgan fingerprint density at radius 2 is 1.71 bits per heavy atom. The van der Waals surface area contributed by atoms with Gasteiger partial charge in [0, 0.05) is 37.2 Å². The molecular weight excluding hydrogens is 612 g/mol. The van der Waals surface area contributed by atoms with Crippen LogP contribution in [0.2, 0.25) is 0 Å². The van der Waals surface area contributed by atoms with Gasteiger partial charge >= 0.3 is 11.9 Å². The van der Waals surface area contributed by atoms with Crippen molar-refractivity contribution in [1.82, 2.24) is 0 Å². The summed E-state index contributed by atoms with van der Waals surface area (Å²) in [5, 5.41) is 10.00. The van der Waals surface area contributed by atoms with Crippen LogP contribution in [0, 0.1) is 23.7 Å². The van der Waals surface area contributed by atoms with Crippen LogP contribution < -0.4 is 0 Å². The van der Waals surface area contributed by atoms with Gasteiger partial charge in [-0.2, -0.15) is 0 Å². The molecule has 3 fully saturated rings. The summed E-state index contributed by atoms with van der Waals surface area (Å²) in [7, 11) is 0. The Hall–Kier alpha value is -2.30. The van der Waals surface area contributed by atoms with Crippen molar-refractivity contribution in [3.63, 3.8) is 0 Å². The van der Waals surface area contributed by atoms with Crippen LogP contribution in [0.3, 0.4) is 0 Å². The van der Waals surface area contributed by atoms with E-state index >= 15 is 0 Å². The maximum absolute atomic E-state index is 12.3. The highest BCUT2D eigenvalue weighted by molar-refractivity contribution is 5.83. The Morgan fingerprint density at radius 3 is 2.44 bits per heavy atom. The van der Waals surface area contributed by atoms with Crippen molar-refractivity contribution in [3.8, 4) is 0 Å². The van der Waals surface area contributed by atoms with Crippen LogP contribution in [-0.4, -0.2) is 72.4 Å². The molecule has 0 amide bonds. The number of carbonyl (C=O) groups excluding carboxylic acids is 2. The third-order valence-electron chi connectivity index (χ3n) is 10.3. The molecule has 0 aliphatic carbocycles. The van der Waals surface area contributed by atoms with Crippen molar-refractivity contribution in [2.75, 3.05) is 0 Å². The van der Waals surface area contributed by atoms with Crippen LogP contribution in [0.5, 0.6) is 0 Å². The molecule has 4 aliphatic rings. The molecule has 270 valence electrons. The average Bonchev–Trinajstić information content (AvgIpc) is 3.03. The number of cyclic esters (lactones) is 2. The Bertz CT molecular complexity index is 1190. The lowest BCUT2D eigenvalue weighted by atomic mass is 9.83. The lowest BCUT2D eigenvalue weighted by molar-refractivity contribution is -0.290. The van der Waals surface area contributed by atoms with Gasteiger partial charge in [0.1, 0.15) is 12.2 Å². The van der Waals surface area contributed by atoms with Crippen LogP contribution >= 0.6 is 0 Å². The van der Waals surface area contributed by atoms with Crippen molar-refractivity contribution in [3.05, 3.63) is 47.6 Å². The molecule has 4 aliphatic heterocycles. The Morgan fingerprint density at radius 1 is 0.979 bits per heavy atom. The molecule has 0 aromatic heterocycles. The Labute approximate surface area is 288 Å². The summed E-state index contributed by atoms with van der Waals surface area (Å²) in [6, 6.07) is 0. The molecule has 0 aromatic rings. The number of esters is 2. The smallest absolute Gasteiger partial charge is 0.331 e. The molecule has 48 heavy (non-hydrogen) atoms. The van der Waals surface area contributed by atoms with Crippen LogP contribution in [0.25, 0.3) is 0 Å². The van der Waals surface area contributed by atoms with Gasteiger partial charge in [0.05, 0.1) is 30.5 Å². The van der Waals surface area contributed by atoms with Gasteiger partial charge in [-0.3, -0.25) is 4.79 Å². The first-order valence-electron chi connectivity index (χ1n) is 18.2.